The predicted octanol–water partition coefficient (Wildman–Crippen LogP) is 5.89. The third-order valence-corrected chi connectivity index (χ3v) is 8.72. The van der Waals surface area contributed by atoms with E-state index in [2.05, 4.69) is 78.4 Å². The van der Waals surface area contributed by atoms with Crippen molar-refractivity contribution < 1.29 is 0 Å². The van der Waals surface area contributed by atoms with Gasteiger partial charge in [-0.1, -0.05) is 6.92 Å². The Morgan fingerprint density at radius 3 is 1.28 bits per heavy atom. The molecule has 0 radical (unpaired) electrons. The molecule has 0 saturated carbocycles. The maximum absolute atomic E-state index is 2.67. The van der Waals surface area contributed by atoms with Gasteiger partial charge >= 0.3 is 0 Å². The van der Waals surface area contributed by atoms with Crippen molar-refractivity contribution in [1.82, 2.24) is 9.13 Å². The summed E-state index contributed by atoms with van der Waals surface area (Å²) in [6.45, 7) is 23.9. The molecule has 0 unspecified atom stereocenters. The van der Waals surface area contributed by atoms with Crippen molar-refractivity contribution in [2.45, 2.75) is 85.7 Å². The molecule has 2 aliphatic rings. The second-order valence-electron chi connectivity index (χ2n) is 9.78. The molecular formula is C23H30N2. The van der Waals surface area contributed by atoms with Crippen LogP contribution in [0.25, 0.3) is 21.8 Å². The fraction of sp³-hybridized carbons (Fsp3) is 0.565. The van der Waals surface area contributed by atoms with Crippen molar-refractivity contribution in [3.63, 3.8) is 0 Å². The highest BCUT2D eigenvalue weighted by atomic mass is 15.2. The summed E-state index contributed by atoms with van der Waals surface area (Å²) < 4.78 is 5.34. The molecule has 0 N–H and O–H groups in total. The fourth-order valence-corrected chi connectivity index (χ4v) is 6.92. The van der Waals surface area contributed by atoms with E-state index in [-0.39, 0.29) is 16.5 Å². The monoisotopic (exact) mass is 334 g/mol. The minimum Gasteiger partial charge on any atom is -0.338 e. The Bertz CT molecular complexity index is 1060. The zero-order valence-electron chi connectivity index (χ0n) is 17.4. The molecule has 25 heavy (non-hydrogen) atoms. The first-order valence-corrected chi connectivity index (χ1v) is 9.59. The Hall–Kier alpha value is -1.70. The third-order valence-electron chi connectivity index (χ3n) is 8.72. The summed E-state index contributed by atoms with van der Waals surface area (Å²) >= 11 is 0. The van der Waals surface area contributed by atoms with Crippen LogP contribution in [0, 0.1) is 34.6 Å². The van der Waals surface area contributed by atoms with E-state index in [4.69, 9.17) is 0 Å². The smallest absolute Gasteiger partial charge is 0.0554 e. The van der Waals surface area contributed by atoms with Gasteiger partial charge in [-0.15, -0.1) is 0 Å². The van der Waals surface area contributed by atoms with Crippen molar-refractivity contribution in [2.75, 3.05) is 0 Å². The summed E-state index contributed by atoms with van der Waals surface area (Å²) in [5, 5.41) is 3.02. The molecule has 2 heteroatoms. The van der Waals surface area contributed by atoms with Crippen LogP contribution in [0.4, 0.5) is 0 Å². The normalized spacial score (nSPS) is 21.4. The van der Waals surface area contributed by atoms with Crippen LogP contribution in [-0.4, -0.2) is 9.13 Å². The molecule has 0 amide bonds. The molecular weight excluding hydrogens is 304 g/mol. The zero-order chi connectivity index (χ0) is 18.4. The summed E-state index contributed by atoms with van der Waals surface area (Å²) in [4.78, 5) is 0. The summed E-state index contributed by atoms with van der Waals surface area (Å²) in [6, 6.07) is 0. The van der Waals surface area contributed by atoms with Crippen molar-refractivity contribution in [3.8, 4) is 0 Å². The van der Waals surface area contributed by atoms with E-state index >= 15 is 0 Å². The largest absolute Gasteiger partial charge is 0.338 e. The molecule has 5 rings (SSSR count). The van der Waals surface area contributed by atoms with Gasteiger partial charge in [-0.05, 0) is 79.0 Å². The molecule has 3 aromatic rings. The Balaban J connectivity index is 2.25. The lowest BCUT2D eigenvalue weighted by Crippen LogP contribution is -2.54. The third kappa shape index (κ3) is 1.13. The quantitative estimate of drug-likeness (QED) is 0.485. The van der Waals surface area contributed by atoms with Crippen LogP contribution in [0.3, 0.4) is 0 Å². The van der Waals surface area contributed by atoms with Gasteiger partial charge in [0.25, 0.3) is 0 Å². The number of hydrogen-bond donors (Lipinski definition) is 0. The topological polar surface area (TPSA) is 9.86 Å². The molecule has 0 aliphatic carbocycles. The number of hydrogen-bond acceptors (Lipinski definition) is 0. The highest BCUT2D eigenvalue weighted by Crippen LogP contribution is 2.66. The number of nitrogens with zero attached hydrogens (tertiary/aromatic N) is 2. The molecule has 0 bridgehead atoms. The van der Waals surface area contributed by atoms with Gasteiger partial charge < -0.3 is 9.13 Å². The lowest BCUT2D eigenvalue weighted by molar-refractivity contribution is 0.0878. The number of rotatable bonds is 0. The first-order valence-electron chi connectivity index (χ1n) is 9.59. The Labute approximate surface area is 150 Å². The highest BCUT2D eigenvalue weighted by Gasteiger charge is 2.64. The highest BCUT2D eigenvalue weighted by molar-refractivity contribution is 6.10. The molecule has 0 spiro atoms. The van der Waals surface area contributed by atoms with E-state index in [1.165, 1.54) is 49.9 Å². The van der Waals surface area contributed by atoms with Crippen molar-refractivity contribution in [3.05, 3.63) is 33.6 Å². The number of benzene rings is 1. The van der Waals surface area contributed by atoms with Crippen LogP contribution in [-0.2, 0) is 16.5 Å². The van der Waals surface area contributed by atoms with Crippen molar-refractivity contribution in [1.29, 1.82) is 0 Å². The minimum absolute atomic E-state index is 0.0511. The van der Waals surface area contributed by atoms with E-state index in [1.807, 2.05) is 0 Å². The zero-order valence-corrected chi connectivity index (χ0v) is 17.4. The van der Waals surface area contributed by atoms with Crippen LogP contribution in [0.15, 0.2) is 0 Å². The molecule has 0 fully saturated rings. The fourth-order valence-electron chi connectivity index (χ4n) is 6.92. The molecule has 132 valence electrons. The number of aromatic nitrogens is 2. The molecule has 1 aromatic carbocycles. The maximum atomic E-state index is 2.67. The van der Waals surface area contributed by atoms with Crippen molar-refractivity contribution in [2.24, 2.45) is 0 Å². The summed E-state index contributed by atoms with van der Waals surface area (Å²) in [6.07, 6.45) is 0. The first kappa shape index (κ1) is 15.5. The van der Waals surface area contributed by atoms with Gasteiger partial charge in [0.1, 0.15) is 0 Å². The summed E-state index contributed by atoms with van der Waals surface area (Å²) in [7, 11) is 0. The van der Waals surface area contributed by atoms with Gasteiger partial charge in [0.05, 0.1) is 22.1 Å². The predicted molar refractivity (Wildman–Crippen MR) is 107 cm³/mol. The molecule has 4 heterocycles. The molecule has 2 aromatic heterocycles. The van der Waals surface area contributed by atoms with Crippen LogP contribution < -0.4 is 0 Å². The average molecular weight is 335 g/mol. The van der Waals surface area contributed by atoms with Gasteiger partial charge in [-0.3, -0.25) is 0 Å². The SMILES string of the molecule is Cc1c(C)n2c3c4c5c(c(C)c(C)n5C(C)(C)C4(C)C2(C)C)c(C)c13. The van der Waals surface area contributed by atoms with E-state index in [9.17, 15) is 0 Å². The lowest BCUT2D eigenvalue weighted by atomic mass is 9.60. The Kier molecular flexibility index (Phi) is 2.30. The van der Waals surface area contributed by atoms with Gasteiger partial charge in [-0.2, -0.15) is 0 Å². The summed E-state index contributed by atoms with van der Waals surface area (Å²) in [5.41, 5.74) is 12.1. The second-order valence-corrected chi connectivity index (χ2v) is 9.78. The second kappa shape index (κ2) is 3.70. The van der Waals surface area contributed by atoms with Crippen LogP contribution in [0.5, 0.6) is 0 Å². The first-order chi connectivity index (χ1) is 11.4. The standard InChI is InChI=1S/C23H30N2/c1-11-14(4)24-19-16(11)13(3)17-12(2)15(5)25-20(17)18(19)23(10,21(24,6)7)22(25,8)9/h1-10H3. The van der Waals surface area contributed by atoms with Gasteiger partial charge in [0.2, 0.25) is 0 Å². The lowest BCUT2D eigenvalue weighted by Gasteiger charge is -2.49. The molecule has 2 nitrogen and oxygen atoms in total. The molecule has 0 atom stereocenters. The van der Waals surface area contributed by atoms with Gasteiger partial charge in [-0.25, -0.2) is 0 Å². The minimum atomic E-state index is 0.0511. The van der Waals surface area contributed by atoms with E-state index in [1.54, 1.807) is 5.56 Å². The Morgan fingerprint density at radius 1 is 0.560 bits per heavy atom. The van der Waals surface area contributed by atoms with Crippen LogP contribution in [0.1, 0.15) is 68.3 Å². The van der Waals surface area contributed by atoms with Crippen LogP contribution in [0.2, 0.25) is 0 Å². The van der Waals surface area contributed by atoms with Crippen molar-refractivity contribution >= 4 is 21.8 Å². The maximum Gasteiger partial charge on any atom is 0.0554 e. The molecule has 0 saturated heterocycles. The van der Waals surface area contributed by atoms with Gasteiger partial charge in [0, 0.05) is 33.1 Å². The summed E-state index contributed by atoms with van der Waals surface area (Å²) in [5.74, 6) is 0. The molecule has 2 aliphatic heterocycles. The Morgan fingerprint density at radius 2 is 0.920 bits per heavy atom. The van der Waals surface area contributed by atoms with Crippen LogP contribution >= 0.6 is 0 Å². The number of aryl methyl sites for hydroxylation is 3. The van der Waals surface area contributed by atoms with Gasteiger partial charge in [0.15, 0.2) is 0 Å². The average Bonchev–Trinajstić information content (AvgIpc) is 3.05. The van der Waals surface area contributed by atoms with E-state index < -0.39 is 0 Å². The van der Waals surface area contributed by atoms with E-state index in [0.717, 1.165) is 0 Å². The van der Waals surface area contributed by atoms with E-state index in [0.29, 0.717) is 0 Å².